The summed E-state index contributed by atoms with van der Waals surface area (Å²) in [7, 11) is 0. The summed E-state index contributed by atoms with van der Waals surface area (Å²) >= 11 is 0. The Balaban J connectivity index is 2.60. The van der Waals surface area contributed by atoms with Crippen LogP contribution in [-0.2, 0) is 9.59 Å². The van der Waals surface area contributed by atoms with Crippen LogP contribution in [0.4, 0.5) is 20.2 Å². The van der Waals surface area contributed by atoms with E-state index in [1.165, 1.54) is 24.3 Å². The molecule has 0 atom stereocenters. The zero-order valence-electron chi connectivity index (χ0n) is 8.30. The van der Waals surface area contributed by atoms with Crippen molar-refractivity contribution >= 4 is 23.2 Å². The minimum Gasteiger partial charge on any atom is -0.324 e. The lowest BCUT2D eigenvalue weighted by atomic mass is 10.2. The van der Waals surface area contributed by atoms with Crippen molar-refractivity contribution in [2.75, 3.05) is 24.0 Å². The number of carbonyl (C=O) groups is 2. The standard InChI is InChI=1S/C10H10F2N2O2/c11-5-9(15)13-7-1-2-8(4-3-7)14-10(16)6-12/h1-4H,5-6H2,(H,13,15)(H,14,16). The fraction of sp³-hybridized carbons (Fsp3) is 0.200. The molecular weight excluding hydrogens is 218 g/mol. The van der Waals surface area contributed by atoms with E-state index in [0.29, 0.717) is 11.4 Å². The van der Waals surface area contributed by atoms with Crippen LogP contribution in [0.5, 0.6) is 0 Å². The molecule has 0 fully saturated rings. The monoisotopic (exact) mass is 228 g/mol. The Kier molecular flexibility index (Phi) is 4.38. The van der Waals surface area contributed by atoms with Gasteiger partial charge in [-0.05, 0) is 24.3 Å². The van der Waals surface area contributed by atoms with Crippen LogP contribution >= 0.6 is 0 Å². The summed E-state index contributed by atoms with van der Waals surface area (Å²) in [6, 6.07) is 5.89. The number of hydrogen-bond donors (Lipinski definition) is 2. The molecule has 6 heteroatoms. The summed E-state index contributed by atoms with van der Waals surface area (Å²) in [5, 5.41) is 4.57. The van der Waals surface area contributed by atoms with Crippen molar-refractivity contribution in [3.8, 4) is 0 Å². The van der Waals surface area contributed by atoms with Gasteiger partial charge in [-0.15, -0.1) is 0 Å². The first-order valence-electron chi connectivity index (χ1n) is 4.47. The molecule has 0 bridgehead atoms. The van der Waals surface area contributed by atoms with Gasteiger partial charge in [0.25, 0.3) is 11.8 Å². The highest BCUT2D eigenvalue weighted by molar-refractivity contribution is 5.93. The zero-order chi connectivity index (χ0) is 12.0. The summed E-state index contributed by atoms with van der Waals surface area (Å²) in [5.74, 6) is -1.50. The third-order valence-corrected chi connectivity index (χ3v) is 1.70. The van der Waals surface area contributed by atoms with Gasteiger partial charge in [-0.1, -0.05) is 0 Å². The maximum atomic E-state index is 11.9. The SMILES string of the molecule is O=C(CF)Nc1ccc(NC(=O)CF)cc1. The number of halogens is 2. The first-order chi connectivity index (χ1) is 7.65. The molecule has 0 aliphatic rings. The Hall–Kier alpha value is -1.98. The highest BCUT2D eigenvalue weighted by Crippen LogP contribution is 2.13. The smallest absolute Gasteiger partial charge is 0.255 e. The molecule has 1 aromatic carbocycles. The Morgan fingerprint density at radius 3 is 1.44 bits per heavy atom. The molecular formula is C10H10F2N2O2. The lowest BCUT2D eigenvalue weighted by Crippen LogP contribution is -2.14. The highest BCUT2D eigenvalue weighted by atomic mass is 19.1. The molecule has 0 heterocycles. The Labute approximate surface area is 90.6 Å². The summed E-state index contributed by atoms with van der Waals surface area (Å²) < 4.78 is 23.7. The number of rotatable bonds is 4. The molecule has 0 aromatic heterocycles. The molecule has 0 radical (unpaired) electrons. The molecule has 2 amide bonds. The predicted octanol–water partition coefficient (Wildman–Crippen LogP) is 1.50. The van der Waals surface area contributed by atoms with Crippen molar-refractivity contribution in [1.82, 2.24) is 0 Å². The van der Waals surface area contributed by atoms with Crippen molar-refractivity contribution in [3.05, 3.63) is 24.3 Å². The molecule has 1 aromatic rings. The number of anilines is 2. The van der Waals surface area contributed by atoms with E-state index >= 15 is 0 Å². The average molecular weight is 228 g/mol. The zero-order valence-corrected chi connectivity index (χ0v) is 8.30. The van der Waals surface area contributed by atoms with Gasteiger partial charge >= 0.3 is 0 Å². The Morgan fingerprint density at radius 2 is 1.19 bits per heavy atom. The van der Waals surface area contributed by atoms with Crippen molar-refractivity contribution < 1.29 is 18.4 Å². The molecule has 0 aliphatic carbocycles. The van der Waals surface area contributed by atoms with E-state index in [2.05, 4.69) is 10.6 Å². The van der Waals surface area contributed by atoms with E-state index in [0.717, 1.165) is 0 Å². The van der Waals surface area contributed by atoms with Crippen LogP contribution in [0.15, 0.2) is 24.3 Å². The number of amides is 2. The summed E-state index contributed by atoms with van der Waals surface area (Å²) in [5.41, 5.74) is 0.807. The maximum Gasteiger partial charge on any atom is 0.255 e. The van der Waals surface area contributed by atoms with E-state index in [-0.39, 0.29) is 0 Å². The second-order valence-corrected chi connectivity index (χ2v) is 2.94. The van der Waals surface area contributed by atoms with Gasteiger partial charge in [0.1, 0.15) is 0 Å². The van der Waals surface area contributed by atoms with Gasteiger partial charge in [0.05, 0.1) is 0 Å². The van der Waals surface area contributed by atoms with Gasteiger partial charge in [-0.25, -0.2) is 8.78 Å². The van der Waals surface area contributed by atoms with Crippen molar-refractivity contribution in [2.24, 2.45) is 0 Å². The first kappa shape index (κ1) is 12.1. The molecule has 4 nitrogen and oxygen atoms in total. The third-order valence-electron chi connectivity index (χ3n) is 1.70. The fourth-order valence-corrected chi connectivity index (χ4v) is 1.03. The number of alkyl halides is 2. The van der Waals surface area contributed by atoms with Crippen LogP contribution in [0.1, 0.15) is 0 Å². The van der Waals surface area contributed by atoms with Crippen LogP contribution in [0.25, 0.3) is 0 Å². The third kappa shape index (κ3) is 3.64. The summed E-state index contributed by atoms with van der Waals surface area (Å²) in [6.07, 6.45) is 0. The van der Waals surface area contributed by atoms with E-state index in [1.54, 1.807) is 0 Å². The summed E-state index contributed by atoms with van der Waals surface area (Å²) in [4.78, 5) is 21.4. The van der Waals surface area contributed by atoms with Crippen LogP contribution in [0, 0.1) is 0 Å². The lowest BCUT2D eigenvalue weighted by molar-refractivity contribution is -0.117. The second kappa shape index (κ2) is 5.79. The quantitative estimate of drug-likeness (QED) is 0.820. The van der Waals surface area contributed by atoms with Crippen LogP contribution in [0.2, 0.25) is 0 Å². The minimum absolute atomic E-state index is 0.404. The highest BCUT2D eigenvalue weighted by Gasteiger charge is 2.02. The van der Waals surface area contributed by atoms with E-state index in [4.69, 9.17) is 0 Å². The molecule has 86 valence electrons. The number of nitrogens with one attached hydrogen (secondary N) is 2. The normalized spacial score (nSPS) is 9.62. The van der Waals surface area contributed by atoms with Crippen molar-refractivity contribution in [3.63, 3.8) is 0 Å². The van der Waals surface area contributed by atoms with E-state index < -0.39 is 25.2 Å². The van der Waals surface area contributed by atoms with Gasteiger partial charge in [-0.3, -0.25) is 9.59 Å². The molecule has 1 rings (SSSR count). The van der Waals surface area contributed by atoms with Gasteiger partial charge < -0.3 is 10.6 Å². The molecule has 0 unspecified atom stereocenters. The van der Waals surface area contributed by atoms with Gasteiger partial charge in [0, 0.05) is 11.4 Å². The van der Waals surface area contributed by atoms with Crippen LogP contribution < -0.4 is 10.6 Å². The van der Waals surface area contributed by atoms with Crippen molar-refractivity contribution in [1.29, 1.82) is 0 Å². The molecule has 0 saturated carbocycles. The van der Waals surface area contributed by atoms with Crippen LogP contribution in [-0.4, -0.2) is 25.2 Å². The van der Waals surface area contributed by atoms with Crippen molar-refractivity contribution in [2.45, 2.75) is 0 Å². The molecule has 2 N–H and O–H groups in total. The number of benzene rings is 1. The second-order valence-electron chi connectivity index (χ2n) is 2.94. The van der Waals surface area contributed by atoms with Gasteiger partial charge in [0.15, 0.2) is 13.3 Å². The Bertz CT molecular complexity index is 342. The van der Waals surface area contributed by atoms with E-state index in [1.807, 2.05) is 0 Å². The maximum absolute atomic E-state index is 11.9. The molecule has 0 saturated heterocycles. The molecule has 16 heavy (non-hydrogen) atoms. The van der Waals surface area contributed by atoms with Gasteiger partial charge in [0.2, 0.25) is 0 Å². The largest absolute Gasteiger partial charge is 0.324 e. The first-order valence-corrected chi connectivity index (χ1v) is 4.47. The molecule has 0 spiro atoms. The average Bonchev–Trinajstić information content (AvgIpc) is 2.31. The predicted molar refractivity (Wildman–Crippen MR) is 55.7 cm³/mol. The number of carbonyl (C=O) groups excluding carboxylic acids is 2. The van der Waals surface area contributed by atoms with Gasteiger partial charge in [-0.2, -0.15) is 0 Å². The minimum atomic E-state index is -1.10. The lowest BCUT2D eigenvalue weighted by Gasteiger charge is -2.05. The fourth-order valence-electron chi connectivity index (χ4n) is 1.03. The Morgan fingerprint density at radius 1 is 0.875 bits per heavy atom. The number of hydrogen-bond acceptors (Lipinski definition) is 2. The van der Waals surface area contributed by atoms with Crippen LogP contribution in [0.3, 0.4) is 0 Å². The topological polar surface area (TPSA) is 58.2 Å². The molecule has 0 aliphatic heterocycles. The van der Waals surface area contributed by atoms with E-state index in [9.17, 15) is 18.4 Å². The summed E-state index contributed by atoms with van der Waals surface area (Å²) in [6.45, 7) is -2.19.